The lowest BCUT2D eigenvalue weighted by Crippen LogP contribution is -2.57. The summed E-state index contributed by atoms with van der Waals surface area (Å²) in [4.78, 5) is 23.5. The average molecular weight is 399 g/mol. The molecule has 2 aromatic rings. The lowest BCUT2D eigenvalue weighted by molar-refractivity contribution is -0.157. The number of aryl methyl sites for hydroxylation is 2. The number of aliphatic hydroxyl groups is 1. The Labute approximate surface area is 171 Å². The quantitative estimate of drug-likeness (QED) is 0.739. The van der Waals surface area contributed by atoms with E-state index in [1.165, 1.54) is 0 Å². The first-order valence-electron chi connectivity index (χ1n) is 10.0. The molecule has 0 radical (unpaired) electrons. The molecule has 29 heavy (non-hydrogen) atoms. The molecule has 156 valence electrons. The number of carboxylic acids is 1. The number of carboxylic acid groups (broad SMARTS) is 1. The van der Waals surface area contributed by atoms with Crippen LogP contribution in [-0.4, -0.2) is 52.5 Å². The Kier molecular flexibility index (Phi) is 6.37. The van der Waals surface area contributed by atoms with E-state index >= 15 is 0 Å². The monoisotopic (exact) mass is 399 g/mol. The number of aliphatic hydroxyl groups excluding tert-OH is 1. The molecule has 1 saturated heterocycles. The Bertz CT molecular complexity index is 873. The first-order chi connectivity index (χ1) is 13.9. The van der Waals surface area contributed by atoms with Crippen LogP contribution in [0, 0.1) is 12.3 Å². The Morgan fingerprint density at radius 3 is 2.83 bits per heavy atom. The molecule has 0 aliphatic carbocycles. The molecule has 7 nitrogen and oxygen atoms in total. The number of ether oxygens (including phenoxy) is 1. The minimum atomic E-state index is -1.33. The van der Waals surface area contributed by atoms with Crippen molar-refractivity contribution in [3.63, 3.8) is 0 Å². The fraction of sp³-hybridized carbons (Fsp3) is 0.500. The minimum Gasteiger partial charge on any atom is -0.497 e. The zero-order valence-corrected chi connectivity index (χ0v) is 17.3. The minimum absolute atomic E-state index is 0.183. The molecule has 0 unspecified atom stereocenters. The van der Waals surface area contributed by atoms with Crippen LogP contribution in [0.3, 0.4) is 0 Å². The molecule has 2 atom stereocenters. The average Bonchev–Trinajstić information content (AvgIpc) is 2.69. The number of rotatable bonds is 7. The summed E-state index contributed by atoms with van der Waals surface area (Å²) in [5.41, 5.74) is 0.352. The summed E-state index contributed by atoms with van der Waals surface area (Å²) in [5, 5.41) is 20.9. The molecule has 0 bridgehead atoms. The van der Waals surface area contributed by atoms with Gasteiger partial charge in [-0.2, -0.15) is 0 Å². The van der Waals surface area contributed by atoms with Gasteiger partial charge in [0.05, 0.1) is 13.2 Å². The van der Waals surface area contributed by atoms with Gasteiger partial charge in [0.2, 0.25) is 0 Å². The molecule has 1 aliphatic rings. The van der Waals surface area contributed by atoms with E-state index in [2.05, 4.69) is 16.9 Å². The zero-order valence-electron chi connectivity index (χ0n) is 17.3. The third-order valence-corrected chi connectivity index (χ3v) is 5.55. The first kappa shape index (κ1) is 21.0. The van der Waals surface area contributed by atoms with E-state index in [0.717, 1.165) is 35.7 Å². The number of nitrogens with zero attached hydrogens (tertiary/aromatic N) is 3. The maximum absolute atomic E-state index is 12.4. The van der Waals surface area contributed by atoms with Crippen LogP contribution in [0.25, 0.3) is 0 Å². The van der Waals surface area contributed by atoms with E-state index in [1.54, 1.807) is 7.11 Å². The number of carbonyl (C=O) groups is 1. The van der Waals surface area contributed by atoms with Crippen molar-refractivity contribution < 1.29 is 19.7 Å². The van der Waals surface area contributed by atoms with Crippen LogP contribution in [0.2, 0.25) is 0 Å². The third kappa shape index (κ3) is 4.50. The van der Waals surface area contributed by atoms with Crippen molar-refractivity contribution in [1.82, 2.24) is 9.97 Å². The molecule has 7 heteroatoms. The lowest BCUT2D eigenvalue weighted by Gasteiger charge is -2.44. The Morgan fingerprint density at radius 2 is 2.14 bits per heavy atom. The van der Waals surface area contributed by atoms with E-state index in [9.17, 15) is 15.0 Å². The molecule has 2 N–H and O–H groups in total. The number of piperidine rings is 1. The summed E-state index contributed by atoms with van der Waals surface area (Å²) in [6.07, 6.45) is 1.35. The van der Waals surface area contributed by atoms with Crippen molar-refractivity contribution in [3.8, 4) is 5.75 Å². The highest BCUT2D eigenvalue weighted by atomic mass is 16.5. The van der Waals surface area contributed by atoms with Gasteiger partial charge in [0.1, 0.15) is 22.8 Å². The van der Waals surface area contributed by atoms with E-state index in [4.69, 9.17) is 4.74 Å². The molecular weight excluding hydrogens is 370 g/mol. The Morgan fingerprint density at radius 1 is 1.34 bits per heavy atom. The summed E-state index contributed by atoms with van der Waals surface area (Å²) in [6.45, 7) is 4.73. The molecule has 1 aromatic carbocycles. The predicted molar refractivity (Wildman–Crippen MR) is 110 cm³/mol. The lowest BCUT2D eigenvalue weighted by atomic mass is 9.73. The second kappa shape index (κ2) is 8.78. The van der Waals surface area contributed by atoms with Crippen LogP contribution in [0.4, 0.5) is 5.82 Å². The smallest absolute Gasteiger partial charge is 0.314 e. The summed E-state index contributed by atoms with van der Waals surface area (Å²) >= 11 is 0. The summed E-state index contributed by atoms with van der Waals surface area (Å²) in [6, 6.07) is 9.23. The normalized spacial score (nSPS) is 21.8. The van der Waals surface area contributed by atoms with Gasteiger partial charge in [-0.1, -0.05) is 19.1 Å². The zero-order chi connectivity index (χ0) is 21.0. The molecule has 1 aromatic heterocycles. The number of methoxy groups -OCH3 is 1. The van der Waals surface area contributed by atoms with Gasteiger partial charge in [-0.3, -0.25) is 4.79 Å². The fourth-order valence-electron chi connectivity index (χ4n) is 3.99. The first-order valence-corrected chi connectivity index (χ1v) is 10.0. The number of hydrogen-bond acceptors (Lipinski definition) is 6. The number of anilines is 1. The highest BCUT2D eigenvalue weighted by Crippen LogP contribution is 2.37. The number of aromatic nitrogens is 2. The van der Waals surface area contributed by atoms with Gasteiger partial charge in [0, 0.05) is 31.3 Å². The van der Waals surface area contributed by atoms with E-state index < -0.39 is 17.5 Å². The maximum atomic E-state index is 12.4. The molecule has 2 heterocycles. The highest BCUT2D eigenvalue weighted by Gasteiger charge is 2.49. The summed E-state index contributed by atoms with van der Waals surface area (Å²) in [5.74, 6) is 1.16. The fourth-order valence-corrected chi connectivity index (χ4v) is 3.99. The standard InChI is InChI=1S/C22H29N3O4/c1-4-6-19-23-15(2)11-20(24-19)25-10-9-18(26)22(14-25,21(27)28)13-16-7-5-8-17(12-16)29-3/h5,7-8,11-12,18,26H,4,6,9-10,13-14H2,1-3H3,(H,27,28)/t18-,22-/m1/s1. The van der Waals surface area contributed by atoms with Crippen LogP contribution in [0.5, 0.6) is 5.75 Å². The number of aliphatic carboxylic acids is 1. The molecule has 3 rings (SSSR count). The van der Waals surface area contributed by atoms with Gasteiger partial charge in [0.15, 0.2) is 0 Å². The molecule has 1 fully saturated rings. The molecular formula is C22H29N3O4. The topological polar surface area (TPSA) is 95.8 Å². The van der Waals surface area contributed by atoms with Gasteiger partial charge in [-0.15, -0.1) is 0 Å². The molecule has 0 spiro atoms. The largest absolute Gasteiger partial charge is 0.497 e. The highest BCUT2D eigenvalue weighted by molar-refractivity contribution is 5.77. The van der Waals surface area contributed by atoms with E-state index in [-0.39, 0.29) is 13.0 Å². The summed E-state index contributed by atoms with van der Waals surface area (Å²) in [7, 11) is 1.58. The van der Waals surface area contributed by atoms with Crippen LogP contribution in [-0.2, 0) is 17.6 Å². The van der Waals surface area contributed by atoms with Crippen molar-refractivity contribution in [2.75, 3.05) is 25.1 Å². The third-order valence-electron chi connectivity index (χ3n) is 5.55. The van der Waals surface area contributed by atoms with E-state index in [1.807, 2.05) is 42.2 Å². The van der Waals surface area contributed by atoms with E-state index in [0.29, 0.717) is 18.7 Å². The van der Waals surface area contributed by atoms with Crippen LogP contribution >= 0.6 is 0 Å². The van der Waals surface area contributed by atoms with Crippen molar-refractivity contribution in [1.29, 1.82) is 0 Å². The maximum Gasteiger partial charge on any atom is 0.314 e. The van der Waals surface area contributed by atoms with Gasteiger partial charge < -0.3 is 19.8 Å². The van der Waals surface area contributed by atoms with Crippen LogP contribution in [0.1, 0.15) is 36.8 Å². The van der Waals surface area contributed by atoms with Gasteiger partial charge in [-0.25, -0.2) is 9.97 Å². The number of benzene rings is 1. The Balaban J connectivity index is 1.94. The molecule has 1 aliphatic heterocycles. The predicted octanol–water partition coefficient (Wildman–Crippen LogP) is 2.63. The van der Waals surface area contributed by atoms with Crippen molar-refractivity contribution in [2.45, 2.75) is 45.6 Å². The molecule has 0 amide bonds. The Hall–Kier alpha value is -2.67. The van der Waals surface area contributed by atoms with Crippen molar-refractivity contribution in [2.24, 2.45) is 5.41 Å². The van der Waals surface area contributed by atoms with Crippen LogP contribution in [0.15, 0.2) is 30.3 Å². The van der Waals surface area contributed by atoms with Gasteiger partial charge >= 0.3 is 5.97 Å². The van der Waals surface area contributed by atoms with Gasteiger partial charge in [-0.05, 0) is 43.9 Å². The summed E-state index contributed by atoms with van der Waals surface area (Å²) < 4.78 is 5.27. The SMILES string of the molecule is CCCc1nc(C)cc(N2CC[C@@H](O)[C@](Cc3cccc(OC)c3)(C(=O)O)C2)n1. The van der Waals surface area contributed by atoms with Crippen molar-refractivity contribution in [3.05, 3.63) is 47.4 Å². The second-order valence-electron chi connectivity index (χ2n) is 7.75. The van der Waals surface area contributed by atoms with Gasteiger partial charge in [0.25, 0.3) is 0 Å². The number of hydrogen-bond donors (Lipinski definition) is 2. The van der Waals surface area contributed by atoms with Crippen LogP contribution < -0.4 is 9.64 Å². The van der Waals surface area contributed by atoms with Crippen molar-refractivity contribution >= 4 is 11.8 Å². The molecule has 0 saturated carbocycles. The second-order valence-corrected chi connectivity index (χ2v) is 7.75.